The van der Waals surface area contributed by atoms with E-state index in [2.05, 4.69) is 0 Å². The Bertz CT molecular complexity index is 439. The lowest BCUT2D eigenvalue weighted by Gasteiger charge is -2.16. The van der Waals surface area contributed by atoms with Crippen LogP contribution in [0.1, 0.15) is 17.9 Å². The van der Waals surface area contributed by atoms with Gasteiger partial charge in [-0.2, -0.15) is 0 Å². The maximum Gasteiger partial charge on any atom is 0.326 e. The molecule has 0 bridgehead atoms. The summed E-state index contributed by atoms with van der Waals surface area (Å²) in [4.78, 5) is 28.5. The van der Waals surface area contributed by atoms with Crippen LogP contribution >= 0.6 is 19.2 Å². The van der Waals surface area contributed by atoms with Crippen molar-refractivity contribution in [1.82, 2.24) is 0 Å². The van der Waals surface area contributed by atoms with Crippen LogP contribution in [0.5, 0.6) is 0 Å². The fraction of sp³-hybridized carbons (Fsp3) is 0.300. The van der Waals surface area contributed by atoms with Crippen molar-refractivity contribution in [3.05, 3.63) is 34.9 Å². The third-order valence-electron chi connectivity index (χ3n) is 2.22. The van der Waals surface area contributed by atoms with Crippen molar-refractivity contribution in [2.45, 2.75) is 12.3 Å². The van der Waals surface area contributed by atoms with Gasteiger partial charge in [0.1, 0.15) is 0 Å². The first kappa shape index (κ1) is 14.2. The van der Waals surface area contributed by atoms with Gasteiger partial charge in [-0.25, -0.2) is 0 Å². The van der Waals surface area contributed by atoms with Crippen molar-refractivity contribution in [3.63, 3.8) is 0 Å². The van der Waals surface area contributed by atoms with Gasteiger partial charge in [0.25, 0.3) is 0 Å². The largest absolute Gasteiger partial charge is 0.481 e. The molecule has 1 aromatic carbocycles. The minimum atomic E-state index is -4.25. The first-order chi connectivity index (χ1) is 7.78. The summed E-state index contributed by atoms with van der Waals surface area (Å²) in [5, 5.41) is 9.20. The molecule has 0 fully saturated rings. The SMILES string of the molecule is O=C(O)CC(CP(=O)(O)O)c1ccc(Cl)cc1. The number of carboxylic acids is 1. The molecular formula is C10H12ClO5P. The lowest BCUT2D eigenvalue weighted by atomic mass is 9.98. The Balaban J connectivity index is 2.93. The van der Waals surface area contributed by atoms with Gasteiger partial charge in [-0.1, -0.05) is 23.7 Å². The van der Waals surface area contributed by atoms with Crippen LogP contribution in [0.15, 0.2) is 24.3 Å². The Morgan fingerprint density at radius 2 is 1.82 bits per heavy atom. The molecule has 7 heteroatoms. The summed E-state index contributed by atoms with van der Waals surface area (Å²) in [6, 6.07) is 6.27. The van der Waals surface area contributed by atoms with Gasteiger partial charge < -0.3 is 14.9 Å². The zero-order valence-electron chi connectivity index (χ0n) is 8.78. The molecular weight excluding hydrogens is 267 g/mol. The van der Waals surface area contributed by atoms with Crippen LogP contribution in [-0.4, -0.2) is 27.0 Å². The van der Waals surface area contributed by atoms with E-state index < -0.39 is 25.6 Å². The van der Waals surface area contributed by atoms with Crippen LogP contribution in [0.3, 0.4) is 0 Å². The smallest absolute Gasteiger partial charge is 0.326 e. The van der Waals surface area contributed by atoms with Crippen LogP contribution in [0.4, 0.5) is 0 Å². The first-order valence-corrected chi connectivity index (χ1v) is 6.97. The minimum absolute atomic E-state index is 0.327. The molecule has 0 spiro atoms. The second kappa shape index (κ2) is 5.65. The summed E-state index contributed by atoms with van der Waals surface area (Å²) in [7, 11) is -4.25. The number of aliphatic carboxylic acids is 1. The summed E-state index contributed by atoms with van der Waals surface area (Å²) in [6.07, 6.45) is -0.812. The molecule has 1 atom stereocenters. The monoisotopic (exact) mass is 278 g/mol. The van der Waals surface area contributed by atoms with Gasteiger partial charge in [0, 0.05) is 10.9 Å². The molecule has 3 N–H and O–H groups in total. The predicted octanol–water partition coefficient (Wildman–Crippen LogP) is 2.08. The molecule has 1 unspecified atom stereocenters. The predicted molar refractivity (Wildman–Crippen MR) is 63.4 cm³/mol. The van der Waals surface area contributed by atoms with E-state index >= 15 is 0 Å². The molecule has 94 valence electrons. The maximum absolute atomic E-state index is 10.9. The summed E-state index contributed by atoms with van der Waals surface area (Å²) in [5.74, 6) is -1.82. The molecule has 0 aliphatic carbocycles. The van der Waals surface area contributed by atoms with E-state index in [1.807, 2.05) is 0 Å². The highest BCUT2D eigenvalue weighted by Gasteiger charge is 2.25. The lowest BCUT2D eigenvalue weighted by Crippen LogP contribution is -2.10. The third kappa shape index (κ3) is 5.33. The van der Waals surface area contributed by atoms with E-state index in [-0.39, 0.29) is 6.42 Å². The maximum atomic E-state index is 10.9. The number of halogens is 1. The molecule has 0 aliphatic rings. The molecule has 17 heavy (non-hydrogen) atoms. The second-order valence-electron chi connectivity index (χ2n) is 3.69. The number of hydrogen-bond donors (Lipinski definition) is 3. The third-order valence-corrected chi connectivity index (χ3v) is 3.39. The van der Waals surface area contributed by atoms with Gasteiger partial charge >= 0.3 is 13.6 Å². The van der Waals surface area contributed by atoms with Crippen molar-refractivity contribution < 1.29 is 24.3 Å². The van der Waals surface area contributed by atoms with Gasteiger partial charge in [-0.15, -0.1) is 0 Å². The van der Waals surface area contributed by atoms with Crippen LogP contribution in [0.25, 0.3) is 0 Å². The Morgan fingerprint density at radius 1 is 1.29 bits per heavy atom. The van der Waals surface area contributed by atoms with E-state index in [4.69, 9.17) is 26.5 Å². The topological polar surface area (TPSA) is 94.8 Å². The zero-order valence-corrected chi connectivity index (χ0v) is 10.4. The molecule has 0 heterocycles. The van der Waals surface area contributed by atoms with Gasteiger partial charge in [-0.05, 0) is 17.7 Å². The van der Waals surface area contributed by atoms with E-state index in [0.717, 1.165) is 0 Å². The van der Waals surface area contributed by atoms with Crippen molar-refractivity contribution in [1.29, 1.82) is 0 Å². The molecule has 0 saturated heterocycles. The summed E-state index contributed by atoms with van der Waals surface area (Å²) >= 11 is 5.69. The number of hydrogen-bond acceptors (Lipinski definition) is 2. The number of benzene rings is 1. The fourth-order valence-electron chi connectivity index (χ4n) is 1.52. The van der Waals surface area contributed by atoms with Crippen LogP contribution in [0, 0.1) is 0 Å². The standard InChI is InChI=1S/C10H12ClO5P/c11-9-3-1-7(2-4-9)8(5-10(12)13)6-17(14,15)16/h1-4,8H,5-6H2,(H,12,13)(H2,14,15,16). The highest BCUT2D eigenvalue weighted by atomic mass is 35.5. The summed E-state index contributed by atoms with van der Waals surface area (Å²) in [5.41, 5.74) is 0.556. The summed E-state index contributed by atoms with van der Waals surface area (Å²) in [6.45, 7) is 0. The molecule has 0 saturated carbocycles. The Kier molecular flexibility index (Phi) is 4.71. The molecule has 1 aromatic rings. The van der Waals surface area contributed by atoms with Crippen molar-refractivity contribution >= 4 is 25.2 Å². The van der Waals surface area contributed by atoms with Gasteiger partial charge in [0.15, 0.2) is 0 Å². The number of carboxylic acid groups (broad SMARTS) is 1. The quantitative estimate of drug-likeness (QED) is 0.717. The Labute approximate surface area is 103 Å². The molecule has 0 aromatic heterocycles. The van der Waals surface area contributed by atoms with Crippen molar-refractivity contribution in [2.24, 2.45) is 0 Å². The zero-order chi connectivity index (χ0) is 13.1. The van der Waals surface area contributed by atoms with Crippen LogP contribution < -0.4 is 0 Å². The highest BCUT2D eigenvalue weighted by Crippen LogP contribution is 2.41. The first-order valence-electron chi connectivity index (χ1n) is 4.80. The molecule has 1 rings (SSSR count). The van der Waals surface area contributed by atoms with E-state index in [1.165, 1.54) is 0 Å². The van der Waals surface area contributed by atoms with Crippen LogP contribution in [-0.2, 0) is 9.36 Å². The normalized spacial score (nSPS) is 13.4. The van der Waals surface area contributed by atoms with Crippen molar-refractivity contribution in [3.8, 4) is 0 Å². The molecule has 5 nitrogen and oxygen atoms in total. The molecule has 0 amide bonds. The lowest BCUT2D eigenvalue weighted by molar-refractivity contribution is -0.137. The van der Waals surface area contributed by atoms with Gasteiger partial charge in [-0.3, -0.25) is 9.36 Å². The Morgan fingerprint density at radius 3 is 2.24 bits per heavy atom. The minimum Gasteiger partial charge on any atom is -0.481 e. The Hall–Kier alpha value is -0.870. The van der Waals surface area contributed by atoms with Gasteiger partial charge in [0.2, 0.25) is 0 Å². The van der Waals surface area contributed by atoms with E-state index in [0.29, 0.717) is 10.6 Å². The fourth-order valence-corrected chi connectivity index (χ4v) is 2.56. The summed E-state index contributed by atoms with van der Waals surface area (Å²) < 4.78 is 10.9. The highest BCUT2D eigenvalue weighted by molar-refractivity contribution is 7.51. The van der Waals surface area contributed by atoms with Crippen LogP contribution in [0.2, 0.25) is 5.02 Å². The average Bonchev–Trinajstić information content (AvgIpc) is 2.14. The van der Waals surface area contributed by atoms with Crippen molar-refractivity contribution in [2.75, 3.05) is 6.16 Å². The molecule has 0 aliphatic heterocycles. The van der Waals surface area contributed by atoms with E-state index in [9.17, 15) is 9.36 Å². The second-order valence-corrected chi connectivity index (χ2v) is 5.82. The van der Waals surface area contributed by atoms with E-state index in [1.54, 1.807) is 24.3 Å². The average molecular weight is 279 g/mol. The van der Waals surface area contributed by atoms with Gasteiger partial charge in [0.05, 0.1) is 12.6 Å². The number of rotatable bonds is 5. The number of carbonyl (C=O) groups is 1. The molecule has 0 radical (unpaired) electrons.